The molecule has 19 heavy (non-hydrogen) atoms. The van der Waals surface area contributed by atoms with Gasteiger partial charge in [0.2, 0.25) is 11.1 Å². The van der Waals surface area contributed by atoms with Crippen molar-refractivity contribution in [3.8, 4) is 0 Å². The van der Waals surface area contributed by atoms with Gasteiger partial charge in [0.25, 0.3) is 0 Å². The van der Waals surface area contributed by atoms with E-state index in [4.69, 9.17) is 17.3 Å². The van der Waals surface area contributed by atoms with Crippen LogP contribution in [0, 0.1) is 0 Å². The van der Waals surface area contributed by atoms with Crippen LogP contribution in [0.3, 0.4) is 0 Å². The summed E-state index contributed by atoms with van der Waals surface area (Å²) in [6, 6.07) is 7.95. The molecule has 2 heterocycles. The van der Waals surface area contributed by atoms with Crippen LogP contribution in [-0.4, -0.2) is 35.5 Å². The fraction of sp³-hybridized carbons (Fsp3) is 0.333. The second kappa shape index (κ2) is 5.22. The number of nitrogen functional groups attached to an aromatic ring is 1. The summed E-state index contributed by atoms with van der Waals surface area (Å²) in [5.41, 5.74) is 6.65. The van der Waals surface area contributed by atoms with Crippen molar-refractivity contribution in [2.45, 2.75) is 0 Å². The largest absolute Gasteiger partial charge is 0.367 e. The van der Waals surface area contributed by atoms with Gasteiger partial charge in [0, 0.05) is 37.7 Å². The van der Waals surface area contributed by atoms with Gasteiger partial charge in [-0.25, -0.2) is 0 Å². The molecule has 2 N–H and O–H groups in total. The van der Waals surface area contributed by atoms with Crippen LogP contribution >= 0.6 is 23.1 Å². The number of anilines is 3. The van der Waals surface area contributed by atoms with Crippen molar-refractivity contribution in [1.29, 1.82) is 0 Å². The third-order valence-electron chi connectivity index (χ3n) is 3.17. The quantitative estimate of drug-likeness (QED) is 0.919. The molecule has 0 saturated carbocycles. The minimum atomic E-state index is 0.355. The topological polar surface area (TPSA) is 58.3 Å². The number of benzene rings is 1. The summed E-state index contributed by atoms with van der Waals surface area (Å²) in [6.07, 6.45) is 0. The zero-order valence-corrected chi connectivity index (χ0v) is 11.9. The van der Waals surface area contributed by atoms with Crippen LogP contribution in [0.5, 0.6) is 0 Å². The normalized spacial score (nSPS) is 15.8. The third-order valence-corrected chi connectivity index (χ3v) is 4.29. The number of nitrogens with zero attached hydrogens (tertiary/aromatic N) is 4. The molecular weight excluding hydrogens is 282 g/mol. The van der Waals surface area contributed by atoms with Gasteiger partial charge < -0.3 is 15.5 Å². The Morgan fingerprint density at radius 2 is 1.79 bits per heavy atom. The maximum absolute atomic E-state index is 6.22. The number of hydrogen-bond donors (Lipinski definition) is 1. The van der Waals surface area contributed by atoms with E-state index in [0.29, 0.717) is 5.95 Å². The standard InChI is InChI=1S/C12H14ClN5S/c13-9-3-1-2-4-10(9)17-5-7-18(8-6-17)12-15-11(14)16-19-12/h1-4H,5-8H2,(H2,14,16). The zero-order valence-electron chi connectivity index (χ0n) is 10.3. The van der Waals surface area contributed by atoms with Crippen LogP contribution in [0.15, 0.2) is 24.3 Å². The molecule has 5 nitrogen and oxygen atoms in total. The van der Waals surface area contributed by atoms with Gasteiger partial charge in [0.1, 0.15) is 0 Å². The van der Waals surface area contributed by atoms with E-state index in [-0.39, 0.29) is 0 Å². The van der Waals surface area contributed by atoms with Crippen LogP contribution < -0.4 is 15.5 Å². The average Bonchev–Trinajstić information content (AvgIpc) is 2.86. The summed E-state index contributed by atoms with van der Waals surface area (Å²) in [4.78, 5) is 8.72. The van der Waals surface area contributed by atoms with E-state index in [2.05, 4.69) is 25.2 Å². The summed E-state index contributed by atoms with van der Waals surface area (Å²) in [5.74, 6) is 0.355. The number of aromatic nitrogens is 2. The van der Waals surface area contributed by atoms with Gasteiger partial charge in [-0.3, -0.25) is 0 Å². The lowest BCUT2D eigenvalue weighted by molar-refractivity contribution is 0.652. The van der Waals surface area contributed by atoms with Crippen molar-refractivity contribution in [3.63, 3.8) is 0 Å². The number of rotatable bonds is 2. The molecule has 2 aromatic rings. The molecule has 100 valence electrons. The van der Waals surface area contributed by atoms with Gasteiger partial charge in [-0.15, -0.1) is 0 Å². The molecule has 1 aromatic heterocycles. The van der Waals surface area contributed by atoms with Crippen molar-refractivity contribution < 1.29 is 0 Å². The first-order valence-corrected chi connectivity index (χ1v) is 7.23. The average molecular weight is 296 g/mol. The summed E-state index contributed by atoms with van der Waals surface area (Å²) < 4.78 is 4.02. The minimum absolute atomic E-state index is 0.355. The summed E-state index contributed by atoms with van der Waals surface area (Å²) >= 11 is 7.57. The molecule has 0 atom stereocenters. The first kappa shape index (κ1) is 12.5. The van der Waals surface area contributed by atoms with Crippen LogP contribution in [0.1, 0.15) is 0 Å². The van der Waals surface area contributed by atoms with E-state index < -0.39 is 0 Å². The Morgan fingerprint density at radius 1 is 1.11 bits per heavy atom. The lowest BCUT2D eigenvalue weighted by atomic mass is 10.2. The van der Waals surface area contributed by atoms with Gasteiger partial charge in [-0.05, 0) is 12.1 Å². The van der Waals surface area contributed by atoms with Crippen molar-refractivity contribution in [2.75, 3.05) is 41.7 Å². The first-order valence-electron chi connectivity index (χ1n) is 6.07. The van der Waals surface area contributed by atoms with Crippen LogP contribution in [0.4, 0.5) is 16.8 Å². The van der Waals surface area contributed by atoms with E-state index in [1.165, 1.54) is 11.5 Å². The molecule has 0 amide bonds. The Hall–Kier alpha value is -1.53. The number of hydrogen-bond acceptors (Lipinski definition) is 6. The highest BCUT2D eigenvalue weighted by Gasteiger charge is 2.20. The van der Waals surface area contributed by atoms with E-state index in [1.807, 2.05) is 18.2 Å². The van der Waals surface area contributed by atoms with Gasteiger partial charge in [0.15, 0.2) is 0 Å². The predicted molar refractivity (Wildman–Crippen MR) is 80.2 cm³/mol. The van der Waals surface area contributed by atoms with Crippen LogP contribution in [0.2, 0.25) is 5.02 Å². The molecule has 0 aliphatic carbocycles. The number of halogens is 1. The molecule has 0 unspecified atom stereocenters. The molecule has 1 aliphatic heterocycles. The summed E-state index contributed by atoms with van der Waals surface area (Å²) in [5, 5.41) is 1.70. The molecule has 0 radical (unpaired) electrons. The Kier molecular flexibility index (Phi) is 3.44. The van der Waals surface area contributed by atoms with Crippen molar-refractivity contribution in [1.82, 2.24) is 9.36 Å². The van der Waals surface area contributed by atoms with Crippen LogP contribution in [0.25, 0.3) is 0 Å². The maximum Gasteiger partial charge on any atom is 0.233 e. The lowest BCUT2D eigenvalue weighted by Crippen LogP contribution is -2.46. The lowest BCUT2D eigenvalue weighted by Gasteiger charge is -2.36. The molecule has 1 aromatic carbocycles. The Balaban J connectivity index is 1.68. The Morgan fingerprint density at radius 3 is 2.42 bits per heavy atom. The highest BCUT2D eigenvalue weighted by molar-refractivity contribution is 7.09. The highest BCUT2D eigenvalue weighted by Crippen LogP contribution is 2.27. The molecule has 0 spiro atoms. The van der Waals surface area contributed by atoms with Crippen molar-refractivity contribution in [2.24, 2.45) is 0 Å². The van der Waals surface area contributed by atoms with Crippen molar-refractivity contribution >= 4 is 39.9 Å². The number of nitrogens with two attached hydrogens (primary N) is 1. The van der Waals surface area contributed by atoms with Gasteiger partial charge >= 0.3 is 0 Å². The molecule has 1 aliphatic rings. The third kappa shape index (κ3) is 2.59. The van der Waals surface area contributed by atoms with E-state index in [1.54, 1.807) is 0 Å². The zero-order chi connectivity index (χ0) is 13.2. The van der Waals surface area contributed by atoms with Gasteiger partial charge in [0.05, 0.1) is 10.7 Å². The van der Waals surface area contributed by atoms with Crippen LogP contribution in [-0.2, 0) is 0 Å². The van der Waals surface area contributed by atoms with Gasteiger partial charge in [-0.1, -0.05) is 23.7 Å². The Labute approximate surface area is 120 Å². The molecular formula is C12H14ClN5S. The number of piperazine rings is 1. The molecule has 1 fully saturated rings. The molecule has 0 bridgehead atoms. The fourth-order valence-corrected chi connectivity index (χ4v) is 3.11. The summed E-state index contributed by atoms with van der Waals surface area (Å²) in [6.45, 7) is 3.64. The second-order valence-corrected chi connectivity index (χ2v) is 5.50. The molecule has 1 saturated heterocycles. The molecule has 7 heteroatoms. The monoisotopic (exact) mass is 295 g/mol. The van der Waals surface area contributed by atoms with E-state index >= 15 is 0 Å². The minimum Gasteiger partial charge on any atom is -0.367 e. The first-order chi connectivity index (χ1) is 9.24. The molecule has 3 rings (SSSR count). The second-order valence-electron chi connectivity index (χ2n) is 4.36. The fourth-order valence-electron chi connectivity index (χ4n) is 2.20. The van der Waals surface area contributed by atoms with E-state index in [9.17, 15) is 0 Å². The van der Waals surface area contributed by atoms with Crippen molar-refractivity contribution in [3.05, 3.63) is 29.3 Å². The highest BCUT2D eigenvalue weighted by atomic mass is 35.5. The van der Waals surface area contributed by atoms with E-state index in [0.717, 1.165) is 42.0 Å². The maximum atomic E-state index is 6.22. The smallest absolute Gasteiger partial charge is 0.233 e. The number of para-hydroxylation sites is 1. The predicted octanol–water partition coefficient (Wildman–Crippen LogP) is 2.10. The van der Waals surface area contributed by atoms with Gasteiger partial charge in [-0.2, -0.15) is 9.36 Å². The SMILES string of the molecule is Nc1nsc(N2CCN(c3ccccc3Cl)CC2)n1. The Bertz CT molecular complexity index is 565. The summed E-state index contributed by atoms with van der Waals surface area (Å²) in [7, 11) is 0.